The van der Waals surface area contributed by atoms with E-state index in [-0.39, 0.29) is 11.7 Å². The molecule has 1 aliphatic heterocycles. The lowest BCUT2D eigenvalue weighted by Gasteiger charge is -2.19. The topological polar surface area (TPSA) is 20.3 Å². The highest BCUT2D eigenvalue weighted by atomic mass is 79.9. The van der Waals surface area contributed by atoms with Gasteiger partial charge in [-0.25, -0.2) is 4.39 Å². The zero-order valence-corrected chi connectivity index (χ0v) is 12.6. The van der Waals surface area contributed by atoms with E-state index in [1.165, 1.54) is 17.0 Å². The van der Waals surface area contributed by atoms with Crippen molar-refractivity contribution >= 4 is 33.1 Å². The summed E-state index contributed by atoms with van der Waals surface area (Å²) in [6.45, 7) is 3.95. The summed E-state index contributed by atoms with van der Waals surface area (Å²) in [5.41, 5.74) is 2.07. The molecular weight excluding hydrogens is 333 g/mol. The summed E-state index contributed by atoms with van der Waals surface area (Å²) in [6.07, 6.45) is 1.42. The van der Waals surface area contributed by atoms with Crippen molar-refractivity contribution in [1.82, 2.24) is 0 Å². The summed E-state index contributed by atoms with van der Waals surface area (Å²) in [5.74, 6) is -0.592. The van der Waals surface area contributed by atoms with Gasteiger partial charge in [0.05, 0.1) is 11.4 Å². The first-order valence-electron chi connectivity index (χ1n) is 6.33. The van der Waals surface area contributed by atoms with Gasteiger partial charge in [-0.05, 0) is 24.3 Å². The molecule has 0 fully saturated rings. The van der Waals surface area contributed by atoms with Crippen molar-refractivity contribution in [2.45, 2.75) is 0 Å². The largest absolute Gasteiger partial charge is 0.277 e. The van der Waals surface area contributed by atoms with Crippen molar-refractivity contribution in [3.63, 3.8) is 0 Å². The molecule has 0 aliphatic carbocycles. The van der Waals surface area contributed by atoms with Crippen molar-refractivity contribution in [2.75, 3.05) is 4.90 Å². The Morgan fingerprint density at radius 3 is 2.57 bits per heavy atom. The van der Waals surface area contributed by atoms with Crippen LogP contribution >= 0.6 is 15.9 Å². The molecule has 4 heteroatoms. The van der Waals surface area contributed by atoms with E-state index in [2.05, 4.69) is 22.5 Å². The monoisotopic (exact) mass is 343 g/mol. The van der Waals surface area contributed by atoms with Gasteiger partial charge in [-0.2, -0.15) is 0 Å². The molecule has 0 bridgehead atoms. The Kier molecular flexibility index (Phi) is 3.47. The zero-order valence-electron chi connectivity index (χ0n) is 11.0. The molecule has 0 saturated heterocycles. The lowest BCUT2D eigenvalue weighted by molar-refractivity contribution is -0.113. The third-order valence-electron chi connectivity index (χ3n) is 3.30. The number of hydrogen-bond donors (Lipinski definition) is 0. The summed E-state index contributed by atoms with van der Waals surface area (Å²) in [7, 11) is 0. The van der Waals surface area contributed by atoms with Gasteiger partial charge in [0.1, 0.15) is 5.82 Å². The molecule has 0 atom stereocenters. The predicted molar refractivity (Wildman–Crippen MR) is 85.1 cm³/mol. The highest BCUT2D eigenvalue weighted by molar-refractivity contribution is 9.10. The van der Waals surface area contributed by atoms with Crippen molar-refractivity contribution in [3.05, 3.63) is 82.7 Å². The van der Waals surface area contributed by atoms with E-state index < -0.39 is 0 Å². The molecular formula is C17H11BrFNO. The Bertz CT molecular complexity index is 782. The molecule has 0 unspecified atom stereocenters. The molecule has 21 heavy (non-hydrogen) atoms. The molecule has 3 rings (SSSR count). The minimum Gasteiger partial charge on any atom is -0.277 e. The first-order valence-corrected chi connectivity index (χ1v) is 7.13. The standard InChI is InChI=1S/C17H11BrFNO/c1-11-15(14-7-2-3-8-16(14)19)10-17(21)20(11)13-6-4-5-12(18)9-13/h2-10H,1H2. The maximum atomic E-state index is 13.9. The number of anilines is 1. The highest BCUT2D eigenvalue weighted by Gasteiger charge is 2.29. The van der Waals surface area contributed by atoms with Gasteiger partial charge in [-0.3, -0.25) is 9.69 Å². The van der Waals surface area contributed by atoms with E-state index in [9.17, 15) is 9.18 Å². The third kappa shape index (κ3) is 2.43. The number of amides is 1. The van der Waals surface area contributed by atoms with Crippen molar-refractivity contribution < 1.29 is 9.18 Å². The molecule has 104 valence electrons. The second kappa shape index (κ2) is 5.30. The van der Waals surface area contributed by atoms with Crippen LogP contribution < -0.4 is 4.90 Å². The van der Waals surface area contributed by atoms with Gasteiger partial charge in [0.15, 0.2) is 0 Å². The molecule has 0 N–H and O–H groups in total. The first kappa shape index (κ1) is 13.8. The van der Waals surface area contributed by atoms with Gasteiger partial charge < -0.3 is 0 Å². The van der Waals surface area contributed by atoms with Gasteiger partial charge >= 0.3 is 0 Å². The number of allylic oxidation sites excluding steroid dienone is 1. The average molecular weight is 344 g/mol. The smallest absolute Gasteiger partial charge is 0.256 e. The van der Waals surface area contributed by atoms with E-state index in [0.717, 1.165) is 4.47 Å². The number of halogens is 2. The quantitative estimate of drug-likeness (QED) is 0.784. The Morgan fingerprint density at radius 2 is 1.86 bits per heavy atom. The van der Waals surface area contributed by atoms with E-state index in [0.29, 0.717) is 22.5 Å². The Labute approximate surface area is 130 Å². The Balaban J connectivity index is 2.02. The maximum Gasteiger partial charge on any atom is 0.256 e. The first-order chi connectivity index (χ1) is 10.1. The summed E-state index contributed by atoms with van der Waals surface area (Å²) >= 11 is 3.38. The number of hydrogen-bond acceptors (Lipinski definition) is 1. The summed E-state index contributed by atoms with van der Waals surface area (Å²) in [5, 5.41) is 0. The van der Waals surface area contributed by atoms with Crippen LogP contribution in [0.25, 0.3) is 5.57 Å². The van der Waals surface area contributed by atoms with E-state index in [1.807, 2.05) is 24.3 Å². The number of benzene rings is 2. The molecule has 0 spiro atoms. The number of carbonyl (C=O) groups excluding carboxylic acids is 1. The fourth-order valence-corrected chi connectivity index (χ4v) is 2.72. The van der Waals surface area contributed by atoms with Crippen LogP contribution in [0, 0.1) is 5.82 Å². The number of nitrogens with zero attached hydrogens (tertiary/aromatic N) is 1. The molecule has 0 radical (unpaired) electrons. The van der Waals surface area contributed by atoms with Crippen LogP contribution in [0.3, 0.4) is 0 Å². The van der Waals surface area contributed by atoms with Crippen LogP contribution in [-0.2, 0) is 4.79 Å². The molecule has 1 heterocycles. The minimum absolute atomic E-state index is 0.226. The number of carbonyl (C=O) groups is 1. The molecule has 2 aromatic carbocycles. The highest BCUT2D eigenvalue weighted by Crippen LogP contribution is 2.36. The number of rotatable bonds is 2. The van der Waals surface area contributed by atoms with Gasteiger partial charge in [0.25, 0.3) is 5.91 Å². The summed E-state index contributed by atoms with van der Waals surface area (Å²) in [6, 6.07) is 13.7. The van der Waals surface area contributed by atoms with Crippen LogP contribution in [0.4, 0.5) is 10.1 Å². The van der Waals surface area contributed by atoms with Crippen LogP contribution in [0.5, 0.6) is 0 Å². The van der Waals surface area contributed by atoms with Crippen molar-refractivity contribution in [3.8, 4) is 0 Å². The summed E-state index contributed by atoms with van der Waals surface area (Å²) in [4.78, 5) is 13.7. The summed E-state index contributed by atoms with van der Waals surface area (Å²) < 4.78 is 14.8. The molecule has 1 aliphatic rings. The van der Waals surface area contributed by atoms with Crippen molar-refractivity contribution in [2.24, 2.45) is 0 Å². The molecule has 0 aromatic heterocycles. The van der Waals surface area contributed by atoms with Gasteiger partial charge in [-0.1, -0.05) is 46.8 Å². The third-order valence-corrected chi connectivity index (χ3v) is 3.79. The molecule has 2 nitrogen and oxygen atoms in total. The second-order valence-electron chi connectivity index (χ2n) is 4.64. The second-order valence-corrected chi connectivity index (χ2v) is 5.55. The SMILES string of the molecule is C=C1C(c2ccccc2F)=CC(=O)N1c1cccc(Br)c1. The molecule has 2 aromatic rings. The average Bonchev–Trinajstić information content (AvgIpc) is 2.74. The zero-order chi connectivity index (χ0) is 15.0. The fraction of sp³-hybridized carbons (Fsp3) is 0. The van der Waals surface area contributed by atoms with Crippen LogP contribution in [-0.4, -0.2) is 5.91 Å². The maximum absolute atomic E-state index is 13.9. The van der Waals surface area contributed by atoms with E-state index >= 15 is 0 Å². The van der Waals surface area contributed by atoms with Crippen LogP contribution in [0.1, 0.15) is 5.56 Å². The van der Waals surface area contributed by atoms with Gasteiger partial charge in [0, 0.05) is 21.7 Å². The Hall–Kier alpha value is -2.20. The molecule has 0 saturated carbocycles. The van der Waals surface area contributed by atoms with Gasteiger partial charge in [0.2, 0.25) is 0 Å². The fourth-order valence-electron chi connectivity index (χ4n) is 2.34. The van der Waals surface area contributed by atoms with E-state index in [1.54, 1.807) is 18.2 Å². The van der Waals surface area contributed by atoms with Crippen molar-refractivity contribution in [1.29, 1.82) is 0 Å². The Morgan fingerprint density at radius 1 is 1.10 bits per heavy atom. The molecule has 1 amide bonds. The lowest BCUT2D eigenvalue weighted by Crippen LogP contribution is -2.23. The minimum atomic E-state index is -0.367. The lowest BCUT2D eigenvalue weighted by atomic mass is 10.0. The van der Waals surface area contributed by atoms with E-state index in [4.69, 9.17) is 0 Å². The van der Waals surface area contributed by atoms with Crippen LogP contribution in [0.2, 0.25) is 0 Å². The van der Waals surface area contributed by atoms with Gasteiger partial charge in [-0.15, -0.1) is 0 Å². The van der Waals surface area contributed by atoms with Crippen LogP contribution in [0.15, 0.2) is 71.4 Å². The normalized spacial score (nSPS) is 14.6. The predicted octanol–water partition coefficient (Wildman–Crippen LogP) is 4.53.